The minimum Gasteiger partial charge on any atom is -0.508 e. The highest BCUT2D eigenvalue weighted by atomic mass is 35.5. The molecule has 70 valence electrons. The lowest BCUT2D eigenvalue weighted by Gasteiger charge is -2.08. The lowest BCUT2D eigenvalue weighted by molar-refractivity contribution is -0.116. The Kier molecular flexibility index (Phi) is 2.78. The van der Waals surface area contributed by atoms with Crippen LogP contribution in [0.1, 0.15) is 17.9 Å². The number of carbonyl (C=O) groups excluding carboxylic acids is 1. The molecule has 0 fully saturated rings. The molecule has 4 heteroatoms. The van der Waals surface area contributed by atoms with Crippen molar-refractivity contribution >= 4 is 23.1 Å². The van der Waals surface area contributed by atoms with Crippen molar-refractivity contribution in [3.05, 3.63) is 23.8 Å². The first-order chi connectivity index (χ1) is 6.02. The van der Waals surface area contributed by atoms with Gasteiger partial charge in [-0.3, -0.25) is 4.79 Å². The number of alkyl halides is 1. The van der Waals surface area contributed by atoms with E-state index in [1.807, 2.05) is 0 Å². The number of rotatable bonds is 2. The van der Waals surface area contributed by atoms with Crippen molar-refractivity contribution in [2.45, 2.75) is 12.3 Å². The van der Waals surface area contributed by atoms with Crippen LogP contribution in [0.2, 0.25) is 0 Å². The maximum atomic E-state index is 10.9. The first-order valence-corrected chi connectivity index (χ1v) is 4.19. The molecule has 0 saturated carbocycles. The van der Waals surface area contributed by atoms with E-state index in [0.717, 1.165) is 0 Å². The number of hydrogen-bond acceptors (Lipinski definition) is 3. The van der Waals surface area contributed by atoms with E-state index in [1.54, 1.807) is 6.07 Å². The van der Waals surface area contributed by atoms with Gasteiger partial charge in [0, 0.05) is 11.3 Å². The lowest BCUT2D eigenvalue weighted by atomic mass is 10.1. The molecule has 3 N–H and O–H groups in total. The van der Waals surface area contributed by atoms with Crippen molar-refractivity contribution in [3.63, 3.8) is 0 Å². The van der Waals surface area contributed by atoms with Crippen LogP contribution < -0.4 is 5.73 Å². The number of nitrogen functional groups attached to an aromatic ring is 1. The summed E-state index contributed by atoms with van der Waals surface area (Å²) < 4.78 is 0. The van der Waals surface area contributed by atoms with E-state index >= 15 is 0 Å². The van der Waals surface area contributed by atoms with Gasteiger partial charge in [0.2, 0.25) is 0 Å². The van der Waals surface area contributed by atoms with Crippen molar-refractivity contribution < 1.29 is 9.90 Å². The van der Waals surface area contributed by atoms with E-state index in [4.69, 9.17) is 17.3 Å². The van der Waals surface area contributed by atoms with Crippen LogP contribution >= 0.6 is 11.6 Å². The van der Waals surface area contributed by atoms with Crippen molar-refractivity contribution in [1.82, 2.24) is 0 Å². The van der Waals surface area contributed by atoms with Gasteiger partial charge < -0.3 is 10.8 Å². The highest BCUT2D eigenvalue weighted by molar-refractivity contribution is 6.31. The normalized spacial score (nSPS) is 12.5. The van der Waals surface area contributed by atoms with Crippen LogP contribution in [0, 0.1) is 0 Å². The monoisotopic (exact) mass is 199 g/mol. The number of aromatic hydroxyl groups is 1. The van der Waals surface area contributed by atoms with Crippen molar-refractivity contribution in [2.24, 2.45) is 0 Å². The highest BCUT2D eigenvalue weighted by Gasteiger charge is 2.16. The number of anilines is 1. The Morgan fingerprint density at radius 1 is 1.62 bits per heavy atom. The molecule has 0 aliphatic heterocycles. The van der Waals surface area contributed by atoms with Crippen LogP contribution in [-0.2, 0) is 4.79 Å². The smallest absolute Gasteiger partial charge is 0.152 e. The predicted molar refractivity (Wildman–Crippen MR) is 51.8 cm³/mol. The Bertz CT molecular complexity index is 338. The summed E-state index contributed by atoms with van der Waals surface area (Å²) in [6.45, 7) is 1.36. The maximum absolute atomic E-state index is 10.9. The zero-order valence-corrected chi connectivity index (χ0v) is 7.88. The predicted octanol–water partition coefficient (Wildman–Crippen LogP) is 1.84. The summed E-state index contributed by atoms with van der Waals surface area (Å²) in [5.74, 6) is -0.230. The molecule has 1 atom stereocenters. The number of phenolic OH excluding ortho intramolecular Hbond substituents is 1. The van der Waals surface area contributed by atoms with Gasteiger partial charge in [0.1, 0.15) is 11.1 Å². The van der Waals surface area contributed by atoms with Gasteiger partial charge in [0.15, 0.2) is 5.78 Å². The van der Waals surface area contributed by atoms with Crippen LogP contribution in [0.5, 0.6) is 5.75 Å². The molecular formula is C9H10ClNO2. The van der Waals surface area contributed by atoms with Crippen LogP contribution in [0.15, 0.2) is 18.2 Å². The zero-order chi connectivity index (χ0) is 10.0. The van der Waals surface area contributed by atoms with Crippen molar-refractivity contribution in [2.75, 3.05) is 5.73 Å². The fourth-order valence-electron chi connectivity index (χ4n) is 0.995. The number of nitrogens with two attached hydrogens (primary N) is 1. The number of hydrogen-bond donors (Lipinski definition) is 2. The van der Waals surface area contributed by atoms with E-state index < -0.39 is 5.38 Å². The average molecular weight is 200 g/mol. The van der Waals surface area contributed by atoms with E-state index in [9.17, 15) is 9.90 Å². The molecule has 1 aromatic carbocycles. The average Bonchev–Trinajstić information content (AvgIpc) is 2.08. The molecule has 0 spiro atoms. The second-order valence-electron chi connectivity index (χ2n) is 2.79. The zero-order valence-electron chi connectivity index (χ0n) is 7.12. The van der Waals surface area contributed by atoms with Crippen molar-refractivity contribution in [1.29, 1.82) is 0 Å². The van der Waals surface area contributed by atoms with Crippen LogP contribution in [0.4, 0.5) is 5.69 Å². The first-order valence-electron chi connectivity index (χ1n) is 3.75. The molecule has 0 aromatic heterocycles. The van der Waals surface area contributed by atoms with Gasteiger partial charge in [-0.1, -0.05) is 0 Å². The molecule has 0 saturated heterocycles. The third-order valence-corrected chi connectivity index (χ3v) is 2.22. The molecule has 1 aromatic rings. The number of benzene rings is 1. The molecule has 13 heavy (non-hydrogen) atoms. The fraction of sp³-hybridized carbons (Fsp3) is 0.222. The quantitative estimate of drug-likeness (QED) is 0.434. The summed E-state index contributed by atoms with van der Waals surface area (Å²) in [7, 11) is 0. The Balaban J connectivity index is 3.12. The van der Waals surface area contributed by atoms with Gasteiger partial charge in [-0.05, 0) is 25.1 Å². The van der Waals surface area contributed by atoms with Gasteiger partial charge in [-0.2, -0.15) is 0 Å². The molecule has 0 radical (unpaired) electrons. The number of ketones is 1. The van der Waals surface area contributed by atoms with Gasteiger partial charge >= 0.3 is 0 Å². The minimum atomic E-state index is -0.830. The second kappa shape index (κ2) is 3.66. The van der Waals surface area contributed by atoms with Crippen LogP contribution in [0.25, 0.3) is 0 Å². The summed E-state index contributed by atoms with van der Waals surface area (Å²) in [5, 5.41) is 8.53. The second-order valence-corrected chi connectivity index (χ2v) is 3.23. The van der Waals surface area contributed by atoms with E-state index in [-0.39, 0.29) is 11.5 Å². The molecule has 3 nitrogen and oxygen atoms in total. The topological polar surface area (TPSA) is 63.3 Å². The van der Waals surface area contributed by atoms with Gasteiger partial charge in [-0.25, -0.2) is 0 Å². The molecule has 1 unspecified atom stereocenters. The van der Waals surface area contributed by atoms with E-state index in [1.165, 1.54) is 19.1 Å². The molecule has 0 aliphatic rings. The molecular weight excluding hydrogens is 190 g/mol. The van der Waals surface area contributed by atoms with Gasteiger partial charge in [0.05, 0.1) is 0 Å². The summed E-state index contributed by atoms with van der Waals surface area (Å²) in [6.07, 6.45) is 0. The van der Waals surface area contributed by atoms with E-state index in [2.05, 4.69) is 0 Å². The maximum Gasteiger partial charge on any atom is 0.152 e. The first kappa shape index (κ1) is 9.86. The standard InChI is InChI=1S/C9H10ClNO2/c1-5(12)9(10)7-4-6(11)2-3-8(7)13/h2-4,9,13H,11H2,1H3. The molecule has 0 amide bonds. The summed E-state index contributed by atoms with van der Waals surface area (Å²) in [4.78, 5) is 10.9. The summed E-state index contributed by atoms with van der Waals surface area (Å²) in [5.41, 5.74) is 6.31. The highest BCUT2D eigenvalue weighted by Crippen LogP contribution is 2.30. The van der Waals surface area contributed by atoms with E-state index in [0.29, 0.717) is 11.3 Å². The Labute approximate surface area is 81.1 Å². The molecule has 0 heterocycles. The number of Topliss-reactive ketones (excluding diaryl/α,β-unsaturated/α-hetero) is 1. The van der Waals surface area contributed by atoms with Gasteiger partial charge in [-0.15, -0.1) is 11.6 Å². The number of halogens is 1. The molecule has 0 bridgehead atoms. The Hall–Kier alpha value is -1.22. The van der Waals surface area contributed by atoms with Crippen molar-refractivity contribution in [3.8, 4) is 5.75 Å². The Morgan fingerprint density at radius 2 is 2.23 bits per heavy atom. The van der Waals surface area contributed by atoms with Gasteiger partial charge in [0.25, 0.3) is 0 Å². The number of carbonyl (C=O) groups is 1. The lowest BCUT2D eigenvalue weighted by Crippen LogP contribution is -2.02. The number of phenols is 1. The Morgan fingerprint density at radius 3 is 2.77 bits per heavy atom. The van der Waals surface area contributed by atoms with Crippen LogP contribution in [-0.4, -0.2) is 10.9 Å². The largest absolute Gasteiger partial charge is 0.508 e. The fourth-order valence-corrected chi connectivity index (χ4v) is 1.17. The van der Waals surface area contributed by atoms with Crippen LogP contribution in [0.3, 0.4) is 0 Å². The summed E-state index contributed by atoms with van der Waals surface area (Å²) >= 11 is 5.75. The molecule has 1 rings (SSSR count). The third-order valence-electron chi connectivity index (χ3n) is 1.68. The minimum absolute atomic E-state index is 0.00981. The SMILES string of the molecule is CC(=O)C(Cl)c1cc(N)ccc1O. The third kappa shape index (κ3) is 2.12. The molecule has 0 aliphatic carbocycles. The summed E-state index contributed by atoms with van der Waals surface area (Å²) in [6, 6.07) is 4.46.